The zero-order valence-corrected chi connectivity index (χ0v) is 13.9. The van der Waals surface area contributed by atoms with Crippen LogP contribution in [0.4, 0.5) is 5.13 Å². The monoisotopic (exact) mass is 378 g/mol. The van der Waals surface area contributed by atoms with Crippen LogP contribution < -0.4 is 15.8 Å². The van der Waals surface area contributed by atoms with E-state index in [1.807, 2.05) is 24.3 Å². The summed E-state index contributed by atoms with van der Waals surface area (Å²) in [5, 5.41) is 28.4. The maximum absolute atomic E-state index is 10.6. The second kappa shape index (κ2) is 8.55. The molecule has 7 N–H and O–H groups in total. The Morgan fingerprint density at radius 2 is 1.62 bits per heavy atom. The molecule has 0 spiro atoms. The Bertz CT molecular complexity index is 935. The molecule has 0 aliphatic rings. The Balaban J connectivity index is 0.000000267. The van der Waals surface area contributed by atoms with Gasteiger partial charge in [-0.15, -0.1) is 0 Å². The van der Waals surface area contributed by atoms with Crippen LogP contribution >= 0.6 is 11.3 Å². The van der Waals surface area contributed by atoms with Crippen molar-refractivity contribution in [3.63, 3.8) is 0 Å². The average molecular weight is 378 g/mol. The number of benzene rings is 2. The van der Waals surface area contributed by atoms with Crippen LogP contribution in [-0.2, 0) is 0 Å². The van der Waals surface area contributed by atoms with E-state index in [1.165, 1.54) is 4.70 Å². The molecule has 0 aliphatic heterocycles. The molecule has 3 rings (SSSR count). The lowest BCUT2D eigenvalue weighted by molar-refractivity contribution is -0.320. The third-order valence-electron chi connectivity index (χ3n) is 3.08. The fraction of sp³-hybridized carbons (Fsp3) is 0. The molecule has 0 bridgehead atoms. The van der Waals surface area contributed by atoms with Crippen LogP contribution in [0.3, 0.4) is 0 Å². The fourth-order valence-corrected chi connectivity index (χ4v) is 2.74. The van der Waals surface area contributed by atoms with E-state index in [-0.39, 0.29) is 11.0 Å². The van der Waals surface area contributed by atoms with Crippen LogP contribution in [0.5, 0.6) is 0 Å². The summed E-state index contributed by atoms with van der Waals surface area (Å²) in [5.74, 6) is -4.50. The molecular weight excluding hydrogens is 364 g/mol. The summed E-state index contributed by atoms with van der Waals surface area (Å²) in [5.41, 5.74) is 5.25. The number of aromatic nitrogens is 1. The third kappa shape index (κ3) is 4.75. The Kier molecular flexibility index (Phi) is 6.76. The molecule has 9 nitrogen and oxygen atoms in total. The lowest BCUT2D eigenvalue weighted by Crippen LogP contribution is -2.23. The number of nitrogen functional groups attached to an aromatic ring is 1. The van der Waals surface area contributed by atoms with Gasteiger partial charge in [-0.05, 0) is 41.2 Å². The maximum atomic E-state index is 10.6. The van der Waals surface area contributed by atoms with Gasteiger partial charge in [-0.2, -0.15) is 0 Å². The third-order valence-corrected chi connectivity index (χ3v) is 3.98. The summed E-state index contributed by atoms with van der Waals surface area (Å²) in [7, 11) is 0. The molecule has 136 valence electrons. The van der Waals surface area contributed by atoms with Crippen LogP contribution in [-0.4, -0.2) is 33.6 Å². The zero-order chi connectivity index (χ0) is 18.6. The average Bonchev–Trinajstić information content (AvgIpc) is 2.94. The van der Waals surface area contributed by atoms with Gasteiger partial charge in [0.15, 0.2) is 0 Å². The molecule has 1 heterocycles. The molecule has 0 amide bonds. The normalized spacial score (nSPS) is 9.54. The Morgan fingerprint density at radius 3 is 2.15 bits per heavy atom. The number of carboxylic acid groups (broad SMARTS) is 3. The quantitative estimate of drug-likeness (QED) is 0.568. The molecule has 0 atom stereocenters. The topological polar surface area (TPSA) is 186 Å². The van der Waals surface area contributed by atoms with Crippen molar-refractivity contribution in [2.75, 3.05) is 5.73 Å². The molecule has 2 aromatic carbocycles. The number of nitrogens with two attached hydrogens (primary N) is 1. The summed E-state index contributed by atoms with van der Waals surface area (Å²) in [4.78, 5) is 34.7. The van der Waals surface area contributed by atoms with Crippen molar-refractivity contribution in [1.29, 1.82) is 0 Å². The lowest BCUT2D eigenvalue weighted by atomic mass is 10.0. The molecule has 0 radical (unpaired) electrons. The van der Waals surface area contributed by atoms with Gasteiger partial charge in [-0.1, -0.05) is 18.2 Å². The number of hydrogen-bond donors (Lipinski definition) is 3. The van der Waals surface area contributed by atoms with E-state index in [0.717, 1.165) is 28.8 Å². The number of aromatic amines is 1. The first-order valence-electron chi connectivity index (χ1n) is 6.78. The predicted octanol–water partition coefficient (Wildman–Crippen LogP) is -0.0806. The van der Waals surface area contributed by atoms with Gasteiger partial charge < -0.3 is 25.6 Å². The number of para-hydroxylation sites is 1. The van der Waals surface area contributed by atoms with Crippen molar-refractivity contribution in [3.05, 3.63) is 59.2 Å². The van der Waals surface area contributed by atoms with Crippen LogP contribution in [0.1, 0.15) is 31.1 Å². The maximum Gasteiger partial charge on any atom is 0.336 e. The number of carbonyl (C=O) groups is 3. The van der Waals surface area contributed by atoms with Gasteiger partial charge in [0.05, 0.1) is 21.8 Å². The number of carbonyl (C=O) groups excluding carboxylic acids is 1. The summed E-state index contributed by atoms with van der Waals surface area (Å²) in [6, 6.07) is 10.7. The highest BCUT2D eigenvalue weighted by Gasteiger charge is 2.16. The highest BCUT2D eigenvalue weighted by molar-refractivity contribution is 7.21. The van der Waals surface area contributed by atoms with E-state index in [9.17, 15) is 19.5 Å². The van der Waals surface area contributed by atoms with Crippen LogP contribution in [0.15, 0.2) is 42.5 Å². The number of nitrogens with one attached hydrogen (secondary N) is 1. The number of hydrogen-bond acceptors (Lipinski definition) is 6. The summed E-state index contributed by atoms with van der Waals surface area (Å²) < 4.78 is 1.21. The van der Waals surface area contributed by atoms with Gasteiger partial charge >= 0.3 is 17.1 Å². The first-order valence-corrected chi connectivity index (χ1v) is 7.59. The molecule has 0 aliphatic carbocycles. The molecular formula is C16H14N2O7S. The minimum Gasteiger partial charge on any atom is -0.545 e. The van der Waals surface area contributed by atoms with Crippen LogP contribution in [0.25, 0.3) is 10.2 Å². The van der Waals surface area contributed by atoms with Crippen LogP contribution in [0.2, 0.25) is 0 Å². The molecule has 0 unspecified atom stereocenters. The summed E-state index contributed by atoms with van der Waals surface area (Å²) >= 11 is 1.57. The van der Waals surface area contributed by atoms with Gasteiger partial charge in [0.25, 0.3) is 0 Å². The molecule has 26 heavy (non-hydrogen) atoms. The van der Waals surface area contributed by atoms with Crippen molar-refractivity contribution < 1.29 is 40.2 Å². The first-order chi connectivity index (χ1) is 11.8. The molecule has 3 aromatic rings. The molecule has 0 saturated heterocycles. The van der Waals surface area contributed by atoms with Gasteiger partial charge in [0.1, 0.15) is 5.52 Å². The number of H-pyrrole nitrogens is 1. The minimum atomic E-state index is -1.56. The Morgan fingerprint density at radius 1 is 1.00 bits per heavy atom. The highest BCUT2D eigenvalue weighted by Crippen LogP contribution is 2.18. The van der Waals surface area contributed by atoms with Crippen molar-refractivity contribution >= 4 is 44.6 Å². The fourth-order valence-electron chi connectivity index (χ4n) is 1.97. The van der Waals surface area contributed by atoms with Gasteiger partial charge in [-0.3, -0.25) is 5.73 Å². The number of anilines is 1. The number of fused-ring (bicyclic) bond motifs is 1. The van der Waals surface area contributed by atoms with E-state index in [0.29, 0.717) is 0 Å². The van der Waals surface area contributed by atoms with Crippen molar-refractivity contribution in [1.82, 2.24) is 0 Å². The SMILES string of the molecule is Nc1[nH+]c2ccccc2s1.O.O=C([O-])c1ccc(C(=O)O)c(C(=O)O)c1. The zero-order valence-electron chi connectivity index (χ0n) is 13.1. The minimum absolute atomic E-state index is 0. The van der Waals surface area contributed by atoms with Gasteiger partial charge in [-0.25, -0.2) is 14.6 Å². The van der Waals surface area contributed by atoms with E-state index >= 15 is 0 Å². The summed E-state index contributed by atoms with van der Waals surface area (Å²) in [6.45, 7) is 0. The Hall–Kier alpha value is -3.50. The van der Waals surface area contributed by atoms with Gasteiger partial charge in [0.2, 0.25) is 0 Å². The molecule has 0 saturated carbocycles. The van der Waals surface area contributed by atoms with Crippen molar-refractivity contribution in [2.24, 2.45) is 0 Å². The number of rotatable bonds is 3. The predicted molar refractivity (Wildman–Crippen MR) is 91.1 cm³/mol. The van der Waals surface area contributed by atoms with Crippen molar-refractivity contribution in [3.8, 4) is 0 Å². The molecule has 10 heteroatoms. The first kappa shape index (κ1) is 20.5. The largest absolute Gasteiger partial charge is 0.545 e. The smallest absolute Gasteiger partial charge is 0.336 e. The number of carboxylic acids is 3. The van der Waals surface area contributed by atoms with E-state index in [2.05, 4.69) is 4.98 Å². The molecule has 1 aromatic heterocycles. The van der Waals surface area contributed by atoms with E-state index in [1.54, 1.807) is 11.3 Å². The molecule has 0 fully saturated rings. The van der Waals surface area contributed by atoms with E-state index < -0.39 is 29.0 Å². The second-order valence-electron chi connectivity index (χ2n) is 4.75. The van der Waals surface area contributed by atoms with Crippen LogP contribution in [0, 0.1) is 0 Å². The highest BCUT2D eigenvalue weighted by atomic mass is 32.1. The second-order valence-corrected chi connectivity index (χ2v) is 5.83. The Labute approximate surface area is 150 Å². The van der Waals surface area contributed by atoms with Crippen molar-refractivity contribution in [2.45, 2.75) is 0 Å². The standard InChI is InChI=1S/C9H6O6.C7H6N2S.H2O/c10-7(11)4-1-2-5(8(12)13)6(3-4)9(14)15;8-7-9-5-3-1-2-4-6(5)10-7;/h1-3H,(H,10,11)(H,12,13)(H,14,15);1-4H,(H2,8,9);1H2. The summed E-state index contributed by atoms with van der Waals surface area (Å²) in [6.07, 6.45) is 0. The van der Waals surface area contributed by atoms with E-state index in [4.69, 9.17) is 15.9 Å². The van der Waals surface area contributed by atoms with Gasteiger partial charge in [0, 0.05) is 0 Å². The number of thiazole rings is 1. The lowest BCUT2D eigenvalue weighted by Gasteiger charge is -2.05. The number of aromatic carboxylic acids is 3.